The summed E-state index contributed by atoms with van der Waals surface area (Å²) in [7, 11) is 0. The maximum absolute atomic E-state index is 2.68. The van der Waals surface area contributed by atoms with E-state index in [9.17, 15) is 0 Å². The molecule has 0 radical (unpaired) electrons. The van der Waals surface area contributed by atoms with E-state index in [4.69, 9.17) is 0 Å². The Morgan fingerprint density at radius 3 is 2.47 bits per heavy atom. The minimum atomic E-state index is 0.736. The monoisotopic (exact) mass is 211 g/mol. The molecule has 0 bridgehead atoms. The summed E-state index contributed by atoms with van der Waals surface area (Å²) in [5, 5.41) is 0. The lowest BCUT2D eigenvalue weighted by Gasteiger charge is -2.50. The smallest absolute Gasteiger partial charge is 0.102 e. The Kier molecular flexibility index (Phi) is 3.09. The van der Waals surface area contributed by atoms with Gasteiger partial charge in [-0.25, -0.2) is 0 Å². The second-order valence-electron chi connectivity index (χ2n) is 6.03. The summed E-state index contributed by atoms with van der Waals surface area (Å²) < 4.78 is 1.42. The summed E-state index contributed by atoms with van der Waals surface area (Å²) in [6, 6.07) is 2.49. The van der Waals surface area contributed by atoms with Gasteiger partial charge in [-0.15, -0.1) is 0 Å². The maximum Gasteiger partial charge on any atom is 0.102 e. The molecule has 2 nitrogen and oxygen atoms in total. The van der Waals surface area contributed by atoms with Crippen molar-refractivity contribution >= 4 is 0 Å². The Morgan fingerprint density at radius 2 is 1.87 bits per heavy atom. The Bertz CT molecular complexity index is 225. The lowest BCUT2D eigenvalue weighted by molar-refractivity contribution is -0.962. The summed E-state index contributed by atoms with van der Waals surface area (Å²) in [6.07, 6.45) is 2.91. The van der Waals surface area contributed by atoms with Crippen molar-refractivity contribution in [3.05, 3.63) is 0 Å². The van der Waals surface area contributed by atoms with Crippen molar-refractivity contribution in [1.29, 1.82) is 0 Å². The zero-order valence-corrected chi connectivity index (χ0v) is 10.9. The Hall–Kier alpha value is -0.0800. The van der Waals surface area contributed by atoms with Crippen molar-refractivity contribution in [3.63, 3.8) is 0 Å². The second-order valence-corrected chi connectivity index (χ2v) is 6.03. The SMILES string of the molecule is CC(C)N1CC[N@+]2(C(C)C)CCC[C@@H]2C1. The molecule has 0 spiro atoms. The van der Waals surface area contributed by atoms with Crippen molar-refractivity contribution in [3.8, 4) is 0 Å². The zero-order valence-electron chi connectivity index (χ0n) is 10.9. The zero-order chi connectivity index (χ0) is 11.1. The fraction of sp³-hybridized carbons (Fsp3) is 1.00. The quantitative estimate of drug-likeness (QED) is 0.632. The van der Waals surface area contributed by atoms with Crippen LogP contribution in [0.3, 0.4) is 0 Å². The molecule has 2 aliphatic rings. The minimum absolute atomic E-state index is 0.736. The van der Waals surface area contributed by atoms with Crippen molar-refractivity contribution in [2.45, 2.75) is 58.7 Å². The van der Waals surface area contributed by atoms with Crippen LogP contribution < -0.4 is 0 Å². The van der Waals surface area contributed by atoms with Gasteiger partial charge in [0.15, 0.2) is 0 Å². The third kappa shape index (κ3) is 1.83. The molecule has 0 saturated carbocycles. The van der Waals surface area contributed by atoms with Crippen LogP contribution in [0.5, 0.6) is 0 Å². The van der Waals surface area contributed by atoms with Crippen LogP contribution in [0.25, 0.3) is 0 Å². The van der Waals surface area contributed by atoms with Crippen molar-refractivity contribution in [1.82, 2.24) is 4.90 Å². The third-order valence-corrected chi connectivity index (χ3v) is 4.85. The van der Waals surface area contributed by atoms with Gasteiger partial charge in [0, 0.05) is 25.4 Å². The topological polar surface area (TPSA) is 3.24 Å². The lowest BCUT2D eigenvalue weighted by atomic mass is 10.1. The van der Waals surface area contributed by atoms with E-state index in [1.807, 2.05) is 0 Å². The van der Waals surface area contributed by atoms with E-state index in [1.165, 1.54) is 43.5 Å². The van der Waals surface area contributed by atoms with Crippen LogP contribution in [0.1, 0.15) is 40.5 Å². The highest BCUT2D eigenvalue weighted by Crippen LogP contribution is 2.34. The molecular weight excluding hydrogens is 184 g/mol. The van der Waals surface area contributed by atoms with Gasteiger partial charge in [0.25, 0.3) is 0 Å². The molecule has 2 heterocycles. The van der Waals surface area contributed by atoms with Gasteiger partial charge in [-0.05, 0) is 27.7 Å². The largest absolute Gasteiger partial charge is 0.317 e. The number of fused-ring (bicyclic) bond motifs is 1. The molecule has 2 rings (SSSR count). The summed E-state index contributed by atoms with van der Waals surface area (Å²) in [5.41, 5.74) is 0. The van der Waals surface area contributed by atoms with Crippen LogP contribution in [0.4, 0.5) is 0 Å². The van der Waals surface area contributed by atoms with Crippen molar-refractivity contribution < 1.29 is 4.48 Å². The van der Waals surface area contributed by atoms with Crippen LogP contribution >= 0.6 is 0 Å². The van der Waals surface area contributed by atoms with Gasteiger partial charge in [-0.3, -0.25) is 4.90 Å². The van der Waals surface area contributed by atoms with E-state index in [0.717, 1.165) is 18.1 Å². The molecule has 0 aromatic carbocycles. The van der Waals surface area contributed by atoms with Gasteiger partial charge in [0.1, 0.15) is 6.04 Å². The van der Waals surface area contributed by atoms with E-state index in [2.05, 4.69) is 32.6 Å². The molecule has 88 valence electrons. The molecule has 15 heavy (non-hydrogen) atoms. The minimum Gasteiger partial charge on any atom is -0.317 e. The Labute approximate surface area is 94.8 Å². The average Bonchev–Trinajstić information content (AvgIpc) is 2.60. The first-order valence-electron chi connectivity index (χ1n) is 6.67. The molecule has 0 aromatic heterocycles. The van der Waals surface area contributed by atoms with Crippen LogP contribution in [-0.4, -0.2) is 53.7 Å². The van der Waals surface area contributed by atoms with Gasteiger partial charge < -0.3 is 4.48 Å². The van der Waals surface area contributed by atoms with Crippen LogP contribution in [-0.2, 0) is 0 Å². The molecule has 0 aliphatic carbocycles. The second kappa shape index (κ2) is 4.06. The van der Waals surface area contributed by atoms with Crippen LogP contribution in [0.15, 0.2) is 0 Å². The van der Waals surface area contributed by atoms with Gasteiger partial charge in [0.05, 0.1) is 25.7 Å². The van der Waals surface area contributed by atoms with Gasteiger partial charge in [-0.1, -0.05) is 0 Å². The molecule has 0 unspecified atom stereocenters. The predicted molar refractivity (Wildman–Crippen MR) is 64.9 cm³/mol. The number of hydrogen-bond acceptors (Lipinski definition) is 1. The number of hydrogen-bond donors (Lipinski definition) is 0. The average molecular weight is 211 g/mol. The molecule has 0 N–H and O–H groups in total. The molecule has 2 aliphatic heterocycles. The van der Waals surface area contributed by atoms with Gasteiger partial charge in [0.2, 0.25) is 0 Å². The molecular formula is C13H27N2+. The highest BCUT2D eigenvalue weighted by molar-refractivity contribution is 4.80. The maximum atomic E-state index is 2.68. The summed E-state index contributed by atoms with van der Waals surface area (Å²) in [6.45, 7) is 15.0. The van der Waals surface area contributed by atoms with E-state index in [1.54, 1.807) is 0 Å². The number of rotatable bonds is 2. The van der Waals surface area contributed by atoms with Crippen LogP contribution in [0.2, 0.25) is 0 Å². The third-order valence-electron chi connectivity index (χ3n) is 4.85. The van der Waals surface area contributed by atoms with E-state index >= 15 is 0 Å². The van der Waals surface area contributed by atoms with E-state index < -0.39 is 0 Å². The number of quaternary nitrogens is 1. The fourth-order valence-electron chi connectivity index (χ4n) is 3.69. The fourth-order valence-corrected chi connectivity index (χ4v) is 3.69. The summed E-state index contributed by atoms with van der Waals surface area (Å²) >= 11 is 0. The van der Waals surface area contributed by atoms with E-state index in [-0.39, 0.29) is 0 Å². The first-order valence-corrected chi connectivity index (χ1v) is 6.67. The molecule has 0 amide bonds. The number of nitrogens with zero attached hydrogens (tertiary/aromatic N) is 2. The lowest BCUT2D eigenvalue weighted by Crippen LogP contribution is -2.66. The van der Waals surface area contributed by atoms with Gasteiger partial charge >= 0.3 is 0 Å². The van der Waals surface area contributed by atoms with E-state index in [0.29, 0.717) is 0 Å². The Balaban J connectivity index is 2.10. The molecule has 2 atom stereocenters. The molecule has 2 fully saturated rings. The van der Waals surface area contributed by atoms with Crippen LogP contribution in [0, 0.1) is 0 Å². The molecule has 2 heteroatoms. The van der Waals surface area contributed by atoms with Crippen molar-refractivity contribution in [2.75, 3.05) is 26.2 Å². The predicted octanol–water partition coefficient (Wildman–Crippen LogP) is 2.10. The summed E-state index contributed by atoms with van der Waals surface area (Å²) in [4.78, 5) is 2.68. The molecule has 0 aromatic rings. The standard InChI is InChI=1S/C13H27N2/c1-11(2)14-7-9-15(12(3)4)8-5-6-13(15)10-14/h11-13H,5-10H2,1-4H3/q+1/t13-,15+/m1/s1. The highest BCUT2D eigenvalue weighted by Gasteiger charge is 2.47. The summed E-state index contributed by atoms with van der Waals surface area (Å²) in [5.74, 6) is 0. The number of piperazine rings is 1. The van der Waals surface area contributed by atoms with Crippen molar-refractivity contribution in [2.24, 2.45) is 0 Å². The van der Waals surface area contributed by atoms with Gasteiger partial charge in [-0.2, -0.15) is 0 Å². The normalized spacial score (nSPS) is 37.6. The first-order chi connectivity index (χ1) is 7.06. The Morgan fingerprint density at radius 1 is 1.13 bits per heavy atom. The molecule has 2 saturated heterocycles. The highest BCUT2D eigenvalue weighted by atomic mass is 15.5. The first kappa shape index (κ1) is 11.4.